The number of anilines is 2. The number of urea groups is 1. The molecule has 2 aromatic rings. The zero-order chi connectivity index (χ0) is 22.6. The Kier molecular flexibility index (Phi) is 4.73. The largest absolute Gasteiger partial charge is 0.329 e. The fraction of sp³-hybridized carbons (Fsp3) is 0.333. The molecular formula is C24H24N4O4. The molecule has 5 amide bonds. The van der Waals surface area contributed by atoms with Gasteiger partial charge in [0, 0.05) is 36.4 Å². The van der Waals surface area contributed by atoms with Gasteiger partial charge >= 0.3 is 6.03 Å². The van der Waals surface area contributed by atoms with Crippen LogP contribution in [0.3, 0.4) is 0 Å². The van der Waals surface area contributed by atoms with Gasteiger partial charge in [0.25, 0.3) is 5.91 Å². The number of amides is 5. The number of fused-ring (bicyclic) bond motifs is 1. The van der Waals surface area contributed by atoms with Crippen LogP contribution in [-0.2, 0) is 16.1 Å². The van der Waals surface area contributed by atoms with Crippen molar-refractivity contribution < 1.29 is 19.2 Å². The highest BCUT2D eigenvalue weighted by Gasteiger charge is 2.40. The molecule has 2 saturated heterocycles. The van der Waals surface area contributed by atoms with Crippen LogP contribution in [0, 0.1) is 6.92 Å². The average molecular weight is 432 g/mol. The van der Waals surface area contributed by atoms with Crippen molar-refractivity contribution in [2.24, 2.45) is 0 Å². The average Bonchev–Trinajstić information content (AvgIpc) is 3.24. The van der Waals surface area contributed by atoms with Crippen LogP contribution in [0.25, 0.3) is 0 Å². The van der Waals surface area contributed by atoms with Crippen molar-refractivity contribution in [1.82, 2.24) is 10.2 Å². The summed E-state index contributed by atoms with van der Waals surface area (Å²) in [5.74, 6) is -0.958. The third-order valence-corrected chi connectivity index (χ3v) is 6.46. The first-order valence-corrected chi connectivity index (χ1v) is 10.8. The van der Waals surface area contributed by atoms with Gasteiger partial charge in [0.15, 0.2) is 0 Å². The number of nitrogens with one attached hydrogen (secondary N) is 1. The van der Waals surface area contributed by atoms with Gasteiger partial charge in [-0.1, -0.05) is 17.7 Å². The Morgan fingerprint density at radius 1 is 0.969 bits per heavy atom. The van der Waals surface area contributed by atoms with E-state index < -0.39 is 11.9 Å². The Morgan fingerprint density at radius 3 is 2.41 bits per heavy atom. The molecule has 2 fully saturated rings. The molecule has 8 nitrogen and oxygen atoms in total. The van der Waals surface area contributed by atoms with Crippen LogP contribution in [-0.4, -0.2) is 47.3 Å². The molecule has 32 heavy (non-hydrogen) atoms. The predicted octanol–water partition coefficient (Wildman–Crippen LogP) is 2.59. The molecule has 0 radical (unpaired) electrons. The number of hydrogen-bond donors (Lipinski definition) is 1. The van der Waals surface area contributed by atoms with Gasteiger partial charge in [0.05, 0.1) is 6.04 Å². The maximum Gasteiger partial charge on any atom is 0.329 e. The van der Waals surface area contributed by atoms with Crippen molar-refractivity contribution in [2.45, 2.75) is 45.3 Å². The van der Waals surface area contributed by atoms with Crippen molar-refractivity contribution in [2.75, 3.05) is 16.3 Å². The molecule has 3 heterocycles. The zero-order valence-corrected chi connectivity index (χ0v) is 18.0. The highest BCUT2D eigenvalue weighted by Crippen LogP contribution is 2.33. The van der Waals surface area contributed by atoms with E-state index in [0.717, 1.165) is 22.5 Å². The van der Waals surface area contributed by atoms with E-state index in [0.29, 0.717) is 18.5 Å². The SMILES string of the molecule is Cc1ccc(N2C(=O)N(c3ccc4c(c3)CN(C3CCC(=O)NC3=O)C4=O)C[C@@H]2C)cc1. The molecule has 164 valence electrons. The first kappa shape index (κ1) is 20.2. The second-order valence-electron chi connectivity index (χ2n) is 8.69. The van der Waals surface area contributed by atoms with Crippen LogP contribution >= 0.6 is 0 Å². The van der Waals surface area contributed by atoms with Gasteiger partial charge in [-0.2, -0.15) is 0 Å². The van der Waals surface area contributed by atoms with E-state index in [1.807, 2.05) is 44.2 Å². The summed E-state index contributed by atoms with van der Waals surface area (Å²) in [5.41, 5.74) is 4.04. The predicted molar refractivity (Wildman–Crippen MR) is 118 cm³/mol. The Hall–Kier alpha value is -3.68. The van der Waals surface area contributed by atoms with Crippen molar-refractivity contribution in [3.05, 3.63) is 59.2 Å². The number of nitrogens with zero attached hydrogens (tertiary/aromatic N) is 3. The Morgan fingerprint density at radius 2 is 1.69 bits per heavy atom. The molecular weight excluding hydrogens is 408 g/mol. The molecule has 5 rings (SSSR count). The van der Waals surface area contributed by atoms with E-state index in [9.17, 15) is 19.2 Å². The van der Waals surface area contributed by atoms with E-state index >= 15 is 0 Å². The highest BCUT2D eigenvalue weighted by atomic mass is 16.2. The van der Waals surface area contributed by atoms with Gasteiger partial charge in [-0.15, -0.1) is 0 Å². The Labute approximate surface area is 185 Å². The first-order valence-electron chi connectivity index (χ1n) is 10.8. The van der Waals surface area contributed by atoms with Gasteiger partial charge < -0.3 is 4.90 Å². The lowest BCUT2D eigenvalue weighted by Crippen LogP contribution is -2.52. The van der Waals surface area contributed by atoms with Crippen LogP contribution in [0.1, 0.15) is 41.3 Å². The number of rotatable bonds is 3. The summed E-state index contributed by atoms with van der Waals surface area (Å²) in [6.07, 6.45) is 0.543. The lowest BCUT2D eigenvalue weighted by molar-refractivity contribution is -0.136. The van der Waals surface area contributed by atoms with Crippen LogP contribution in [0.5, 0.6) is 0 Å². The molecule has 0 spiro atoms. The number of aryl methyl sites for hydroxylation is 1. The minimum Gasteiger partial charge on any atom is -0.322 e. The molecule has 0 saturated carbocycles. The maximum absolute atomic E-state index is 13.2. The molecule has 1 N–H and O–H groups in total. The number of carbonyl (C=O) groups excluding carboxylic acids is 4. The van der Waals surface area contributed by atoms with Crippen molar-refractivity contribution >= 4 is 35.1 Å². The smallest absolute Gasteiger partial charge is 0.322 e. The molecule has 1 unspecified atom stereocenters. The Balaban J connectivity index is 1.38. The number of piperidine rings is 1. The lowest BCUT2D eigenvalue weighted by atomic mass is 10.0. The van der Waals surface area contributed by atoms with Gasteiger partial charge in [-0.3, -0.25) is 29.5 Å². The second-order valence-corrected chi connectivity index (χ2v) is 8.69. The van der Waals surface area contributed by atoms with Crippen molar-refractivity contribution in [3.8, 4) is 0 Å². The van der Waals surface area contributed by atoms with Gasteiger partial charge in [0.1, 0.15) is 6.04 Å². The normalized spacial score (nSPS) is 23.1. The van der Waals surface area contributed by atoms with Crippen LogP contribution in [0.4, 0.5) is 16.2 Å². The fourth-order valence-corrected chi connectivity index (χ4v) is 4.76. The minimum atomic E-state index is -0.651. The monoisotopic (exact) mass is 432 g/mol. The van der Waals surface area contributed by atoms with Crippen molar-refractivity contribution in [3.63, 3.8) is 0 Å². The molecule has 8 heteroatoms. The second kappa shape index (κ2) is 7.47. The first-order chi connectivity index (χ1) is 15.3. The van der Waals surface area contributed by atoms with E-state index in [1.54, 1.807) is 21.9 Å². The fourth-order valence-electron chi connectivity index (χ4n) is 4.76. The topological polar surface area (TPSA) is 90.0 Å². The summed E-state index contributed by atoms with van der Waals surface area (Å²) in [6, 6.07) is 12.5. The summed E-state index contributed by atoms with van der Waals surface area (Å²) in [6.45, 7) is 4.85. The maximum atomic E-state index is 13.2. The standard InChI is InChI=1S/C24H24N4O4/c1-14-3-5-17(6-4-14)28-15(2)12-26(24(28)32)18-7-8-19-16(11-18)13-27(23(19)31)20-9-10-21(29)25-22(20)30/h3-8,11,15,20H,9-10,12-13H2,1-2H3,(H,25,29,30)/t15-,20?/m0/s1. The number of hydrogen-bond acceptors (Lipinski definition) is 4. The Bertz CT molecular complexity index is 1140. The third-order valence-electron chi connectivity index (χ3n) is 6.46. The summed E-state index contributed by atoms with van der Waals surface area (Å²) in [5, 5.41) is 2.31. The molecule has 3 aliphatic heterocycles. The van der Waals surface area contributed by atoms with Crippen LogP contribution in [0.15, 0.2) is 42.5 Å². The van der Waals surface area contributed by atoms with Gasteiger partial charge in [-0.05, 0) is 56.2 Å². The quantitative estimate of drug-likeness (QED) is 0.755. The number of imide groups is 1. The van der Waals surface area contributed by atoms with Gasteiger partial charge in [0.2, 0.25) is 11.8 Å². The highest BCUT2D eigenvalue weighted by molar-refractivity contribution is 6.08. The lowest BCUT2D eigenvalue weighted by Gasteiger charge is -2.29. The van der Waals surface area contributed by atoms with E-state index in [2.05, 4.69) is 5.32 Å². The van der Waals surface area contributed by atoms with Crippen molar-refractivity contribution in [1.29, 1.82) is 0 Å². The molecule has 3 aliphatic rings. The molecule has 2 atom stereocenters. The van der Waals surface area contributed by atoms with Crippen LogP contribution < -0.4 is 15.1 Å². The zero-order valence-electron chi connectivity index (χ0n) is 18.0. The van der Waals surface area contributed by atoms with E-state index in [4.69, 9.17) is 0 Å². The summed E-state index contributed by atoms with van der Waals surface area (Å²) < 4.78 is 0. The molecule has 0 bridgehead atoms. The summed E-state index contributed by atoms with van der Waals surface area (Å²) >= 11 is 0. The third kappa shape index (κ3) is 3.23. The molecule has 2 aromatic carbocycles. The van der Waals surface area contributed by atoms with Crippen LogP contribution in [0.2, 0.25) is 0 Å². The van der Waals surface area contributed by atoms with Gasteiger partial charge in [-0.25, -0.2) is 4.79 Å². The molecule has 0 aliphatic carbocycles. The summed E-state index contributed by atoms with van der Waals surface area (Å²) in [4.78, 5) is 54.9. The number of benzene rings is 2. The van der Waals surface area contributed by atoms with E-state index in [1.165, 1.54) is 4.90 Å². The number of carbonyl (C=O) groups is 4. The van der Waals surface area contributed by atoms with E-state index in [-0.39, 0.29) is 36.9 Å². The molecule has 0 aromatic heterocycles. The summed E-state index contributed by atoms with van der Waals surface area (Å²) in [7, 11) is 0. The minimum absolute atomic E-state index is 0.0000582.